The van der Waals surface area contributed by atoms with E-state index in [9.17, 15) is 9.18 Å². The standard InChI is InChI=1S/C21H21FN4O3/c22-17-6-4-16(5-7-17)19-13-18(24-29-19)14-28-15-21(27)26-11-9-25(10-12-26)20-3-1-2-8-23-20/h1-8,13H,9-12,14-15H2. The van der Waals surface area contributed by atoms with Crippen LogP contribution in [-0.2, 0) is 16.1 Å². The summed E-state index contributed by atoms with van der Waals surface area (Å²) in [6.45, 7) is 2.92. The lowest BCUT2D eigenvalue weighted by Gasteiger charge is -2.35. The number of pyridine rings is 1. The number of aromatic nitrogens is 2. The van der Waals surface area contributed by atoms with Gasteiger partial charge in [0.1, 0.15) is 23.9 Å². The molecule has 1 saturated heterocycles. The summed E-state index contributed by atoms with van der Waals surface area (Å²) >= 11 is 0. The maximum absolute atomic E-state index is 13.0. The third-order valence-electron chi connectivity index (χ3n) is 4.77. The average molecular weight is 396 g/mol. The van der Waals surface area contributed by atoms with E-state index in [1.54, 1.807) is 29.3 Å². The number of anilines is 1. The van der Waals surface area contributed by atoms with Crippen LogP contribution in [0.5, 0.6) is 0 Å². The van der Waals surface area contributed by atoms with Crippen molar-refractivity contribution in [3.63, 3.8) is 0 Å². The molecule has 1 aromatic carbocycles. The van der Waals surface area contributed by atoms with Gasteiger partial charge in [-0.15, -0.1) is 0 Å². The third kappa shape index (κ3) is 4.78. The van der Waals surface area contributed by atoms with Crippen LogP contribution in [0.25, 0.3) is 11.3 Å². The molecule has 0 bridgehead atoms. The zero-order valence-electron chi connectivity index (χ0n) is 15.8. The predicted octanol–water partition coefficient (Wildman–Crippen LogP) is 2.74. The van der Waals surface area contributed by atoms with Crippen LogP contribution in [0.15, 0.2) is 59.3 Å². The van der Waals surface area contributed by atoms with Crippen molar-refractivity contribution >= 4 is 11.7 Å². The lowest BCUT2D eigenvalue weighted by atomic mass is 10.1. The lowest BCUT2D eigenvalue weighted by Crippen LogP contribution is -2.50. The van der Waals surface area contributed by atoms with Gasteiger partial charge in [0.15, 0.2) is 5.76 Å². The van der Waals surface area contributed by atoms with Gasteiger partial charge in [0.2, 0.25) is 5.91 Å². The van der Waals surface area contributed by atoms with Crippen molar-refractivity contribution in [1.82, 2.24) is 15.0 Å². The summed E-state index contributed by atoms with van der Waals surface area (Å²) in [7, 11) is 0. The van der Waals surface area contributed by atoms with Crippen LogP contribution in [0.1, 0.15) is 5.69 Å². The molecule has 29 heavy (non-hydrogen) atoms. The number of nitrogens with zero attached hydrogens (tertiary/aromatic N) is 4. The fourth-order valence-corrected chi connectivity index (χ4v) is 3.19. The topological polar surface area (TPSA) is 71.7 Å². The van der Waals surface area contributed by atoms with Gasteiger partial charge >= 0.3 is 0 Å². The summed E-state index contributed by atoms with van der Waals surface area (Å²) in [6, 6.07) is 13.5. The molecular weight excluding hydrogens is 375 g/mol. The Labute approximate surface area is 167 Å². The molecule has 0 saturated carbocycles. The quantitative estimate of drug-likeness (QED) is 0.638. The molecule has 0 atom stereocenters. The molecule has 0 radical (unpaired) electrons. The Balaban J connectivity index is 1.22. The average Bonchev–Trinajstić information content (AvgIpc) is 3.24. The molecule has 3 heterocycles. The Bertz CT molecular complexity index is 938. The molecule has 0 unspecified atom stereocenters. The van der Waals surface area contributed by atoms with Crippen LogP contribution in [0.3, 0.4) is 0 Å². The molecule has 7 nitrogen and oxygen atoms in total. The molecule has 1 fully saturated rings. The van der Waals surface area contributed by atoms with Crippen molar-refractivity contribution in [2.24, 2.45) is 0 Å². The van der Waals surface area contributed by atoms with Gasteiger partial charge in [-0.25, -0.2) is 9.37 Å². The van der Waals surface area contributed by atoms with Crippen LogP contribution in [-0.4, -0.2) is 53.7 Å². The van der Waals surface area contributed by atoms with Crippen LogP contribution in [0.2, 0.25) is 0 Å². The molecule has 1 amide bonds. The summed E-state index contributed by atoms with van der Waals surface area (Å²) in [5.41, 5.74) is 1.31. The van der Waals surface area contributed by atoms with Gasteiger partial charge in [-0.1, -0.05) is 11.2 Å². The van der Waals surface area contributed by atoms with Crippen LogP contribution in [0, 0.1) is 5.82 Å². The monoisotopic (exact) mass is 396 g/mol. The Morgan fingerprint density at radius 1 is 1.10 bits per heavy atom. The minimum atomic E-state index is -0.309. The van der Waals surface area contributed by atoms with E-state index in [0.29, 0.717) is 24.5 Å². The van der Waals surface area contributed by atoms with Gasteiger partial charge in [0.25, 0.3) is 0 Å². The summed E-state index contributed by atoms with van der Waals surface area (Å²) in [6.07, 6.45) is 1.77. The zero-order chi connectivity index (χ0) is 20.1. The number of piperazine rings is 1. The van der Waals surface area contributed by atoms with E-state index in [1.165, 1.54) is 12.1 Å². The lowest BCUT2D eigenvalue weighted by molar-refractivity contribution is -0.136. The molecule has 1 aliphatic rings. The van der Waals surface area contributed by atoms with Gasteiger partial charge in [-0.05, 0) is 36.4 Å². The number of benzene rings is 1. The Kier molecular flexibility index (Phi) is 5.81. The summed E-state index contributed by atoms with van der Waals surface area (Å²) in [4.78, 5) is 20.7. The van der Waals surface area contributed by atoms with Crippen LogP contribution >= 0.6 is 0 Å². The van der Waals surface area contributed by atoms with Gasteiger partial charge in [-0.3, -0.25) is 4.79 Å². The fraction of sp³-hybridized carbons (Fsp3) is 0.286. The van der Waals surface area contributed by atoms with Crippen molar-refractivity contribution in [2.75, 3.05) is 37.7 Å². The minimum Gasteiger partial charge on any atom is -0.365 e. The Morgan fingerprint density at radius 3 is 2.62 bits per heavy atom. The molecule has 1 aliphatic heterocycles. The van der Waals surface area contributed by atoms with E-state index in [-0.39, 0.29) is 24.9 Å². The smallest absolute Gasteiger partial charge is 0.248 e. The first-order valence-corrected chi connectivity index (χ1v) is 9.42. The maximum Gasteiger partial charge on any atom is 0.248 e. The second kappa shape index (κ2) is 8.83. The highest BCUT2D eigenvalue weighted by Gasteiger charge is 2.21. The van der Waals surface area contributed by atoms with Crippen molar-refractivity contribution in [1.29, 1.82) is 0 Å². The van der Waals surface area contributed by atoms with E-state index in [2.05, 4.69) is 15.0 Å². The molecule has 0 spiro atoms. The second-order valence-electron chi connectivity index (χ2n) is 6.74. The van der Waals surface area contributed by atoms with E-state index >= 15 is 0 Å². The molecule has 4 rings (SSSR count). The molecule has 2 aromatic heterocycles. The number of carbonyl (C=O) groups excluding carboxylic acids is 1. The third-order valence-corrected chi connectivity index (χ3v) is 4.77. The molecule has 3 aromatic rings. The van der Waals surface area contributed by atoms with Gasteiger partial charge in [0.05, 0.1) is 6.61 Å². The summed E-state index contributed by atoms with van der Waals surface area (Å²) in [5.74, 6) is 1.10. The Morgan fingerprint density at radius 2 is 1.90 bits per heavy atom. The van der Waals surface area contributed by atoms with Gasteiger partial charge in [0, 0.05) is 44.0 Å². The van der Waals surface area contributed by atoms with E-state index in [0.717, 1.165) is 24.5 Å². The highest BCUT2D eigenvalue weighted by atomic mass is 19.1. The molecule has 8 heteroatoms. The number of carbonyl (C=O) groups is 1. The first kappa shape index (κ1) is 19.1. The molecule has 0 N–H and O–H groups in total. The van der Waals surface area contributed by atoms with Gasteiger partial charge in [-0.2, -0.15) is 0 Å². The van der Waals surface area contributed by atoms with Crippen LogP contribution in [0.4, 0.5) is 10.2 Å². The molecule has 0 aliphatic carbocycles. The number of ether oxygens (including phenoxy) is 1. The Hall–Kier alpha value is -3.26. The van der Waals surface area contributed by atoms with Crippen molar-refractivity contribution in [3.8, 4) is 11.3 Å². The molecular formula is C21H21FN4O3. The molecule has 150 valence electrons. The van der Waals surface area contributed by atoms with Crippen molar-refractivity contribution in [2.45, 2.75) is 6.61 Å². The minimum absolute atomic E-state index is 0.0116. The summed E-state index contributed by atoms with van der Waals surface area (Å²) < 4.78 is 23.8. The normalized spacial score (nSPS) is 14.2. The number of amides is 1. The zero-order valence-corrected chi connectivity index (χ0v) is 15.8. The van der Waals surface area contributed by atoms with Crippen LogP contribution < -0.4 is 4.90 Å². The largest absolute Gasteiger partial charge is 0.365 e. The number of hydrogen-bond donors (Lipinski definition) is 0. The van der Waals surface area contributed by atoms with Gasteiger partial charge < -0.3 is 19.1 Å². The number of hydrogen-bond acceptors (Lipinski definition) is 6. The highest BCUT2D eigenvalue weighted by molar-refractivity contribution is 5.77. The fourth-order valence-electron chi connectivity index (χ4n) is 3.19. The highest BCUT2D eigenvalue weighted by Crippen LogP contribution is 2.21. The first-order chi connectivity index (χ1) is 14.2. The number of halogens is 1. The maximum atomic E-state index is 13.0. The number of rotatable bonds is 6. The SMILES string of the molecule is O=C(COCc1cc(-c2ccc(F)cc2)on1)N1CCN(c2ccccn2)CC1. The van der Waals surface area contributed by atoms with E-state index in [4.69, 9.17) is 9.26 Å². The predicted molar refractivity (Wildman–Crippen MR) is 105 cm³/mol. The second-order valence-corrected chi connectivity index (χ2v) is 6.74. The van der Waals surface area contributed by atoms with Crippen molar-refractivity contribution in [3.05, 3.63) is 66.2 Å². The van der Waals surface area contributed by atoms with Crippen molar-refractivity contribution < 1.29 is 18.4 Å². The summed E-state index contributed by atoms with van der Waals surface area (Å²) in [5, 5.41) is 3.94. The van der Waals surface area contributed by atoms with E-state index < -0.39 is 0 Å². The first-order valence-electron chi connectivity index (χ1n) is 9.42. The van der Waals surface area contributed by atoms with E-state index in [1.807, 2.05) is 18.2 Å².